The molecule has 2 N–H and O–H groups in total. The van der Waals surface area contributed by atoms with Crippen molar-refractivity contribution in [2.45, 2.75) is 59.0 Å². The summed E-state index contributed by atoms with van der Waals surface area (Å²) in [5.74, 6) is 0.732. The molecule has 0 radical (unpaired) electrons. The third-order valence-corrected chi connectivity index (χ3v) is 4.75. The Morgan fingerprint density at radius 1 is 1.10 bits per heavy atom. The summed E-state index contributed by atoms with van der Waals surface area (Å²) in [6.07, 6.45) is 3.41. The average molecular weight is 311 g/mol. The molecule has 1 aromatic rings. The number of likely N-dealkylation sites (N-methyl/N-ethyl adjacent to an activating group) is 1. The predicted octanol–water partition coefficient (Wildman–Crippen LogP) is 4.88. The molecule has 0 aromatic heterocycles. The Kier molecular flexibility index (Phi) is 8.31. The lowest BCUT2D eigenvalue weighted by atomic mass is 9.94. The van der Waals surface area contributed by atoms with Gasteiger partial charge in [-0.1, -0.05) is 64.3 Å². The van der Waals surface area contributed by atoms with Crippen LogP contribution in [0.25, 0.3) is 0 Å². The highest BCUT2D eigenvalue weighted by molar-refractivity contribution is 6.30. The van der Waals surface area contributed by atoms with Gasteiger partial charge in [0, 0.05) is 23.7 Å². The van der Waals surface area contributed by atoms with Crippen LogP contribution in [-0.4, -0.2) is 24.0 Å². The van der Waals surface area contributed by atoms with Gasteiger partial charge in [-0.05, 0) is 36.6 Å². The maximum Gasteiger partial charge on any atom is 0.0499 e. The summed E-state index contributed by atoms with van der Waals surface area (Å²) < 4.78 is 0. The van der Waals surface area contributed by atoms with Gasteiger partial charge in [0.05, 0.1) is 0 Å². The van der Waals surface area contributed by atoms with E-state index in [0.29, 0.717) is 0 Å². The minimum atomic E-state index is 0.137. The number of halogens is 1. The molecule has 0 aliphatic heterocycles. The molecule has 0 spiro atoms. The molecule has 0 fully saturated rings. The monoisotopic (exact) mass is 310 g/mol. The van der Waals surface area contributed by atoms with E-state index in [2.05, 4.69) is 44.7 Å². The van der Waals surface area contributed by atoms with E-state index >= 15 is 0 Å². The fraction of sp³-hybridized carbons (Fsp3) is 0.667. The van der Waals surface area contributed by atoms with Crippen molar-refractivity contribution in [3.8, 4) is 0 Å². The first kappa shape index (κ1) is 18.5. The Hall–Kier alpha value is -0.570. The molecule has 0 amide bonds. The molecule has 0 saturated carbocycles. The Bertz CT molecular complexity index is 404. The van der Waals surface area contributed by atoms with Crippen molar-refractivity contribution in [2.75, 3.05) is 13.1 Å². The molecule has 2 nitrogen and oxygen atoms in total. The summed E-state index contributed by atoms with van der Waals surface area (Å²) in [4.78, 5) is 2.53. The smallest absolute Gasteiger partial charge is 0.0499 e. The molecule has 1 aromatic carbocycles. The van der Waals surface area contributed by atoms with Gasteiger partial charge in [-0.25, -0.2) is 0 Å². The zero-order valence-electron chi connectivity index (χ0n) is 14.0. The molecule has 3 heteroatoms. The van der Waals surface area contributed by atoms with Crippen molar-refractivity contribution in [1.82, 2.24) is 4.90 Å². The Morgan fingerprint density at radius 3 is 2.24 bits per heavy atom. The molecule has 21 heavy (non-hydrogen) atoms. The molecule has 0 aliphatic carbocycles. The maximum atomic E-state index is 6.45. The fourth-order valence-electron chi connectivity index (χ4n) is 2.96. The van der Waals surface area contributed by atoms with E-state index in [-0.39, 0.29) is 12.1 Å². The van der Waals surface area contributed by atoms with Gasteiger partial charge < -0.3 is 5.73 Å². The SMILES string of the molecule is CCC(CC)CN(CC)C(c1cccc(Cl)c1)C(N)CC. The molecule has 0 aliphatic rings. The number of benzene rings is 1. The van der Waals surface area contributed by atoms with Crippen molar-refractivity contribution in [3.05, 3.63) is 34.9 Å². The zero-order chi connectivity index (χ0) is 15.8. The van der Waals surface area contributed by atoms with Crippen LogP contribution in [0.5, 0.6) is 0 Å². The molecule has 1 rings (SSSR count). The molecule has 0 heterocycles. The van der Waals surface area contributed by atoms with Crippen LogP contribution in [0.15, 0.2) is 24.3 Å². The van der Waals surface area contributed by atoms with E-state index in [1.54, 1.807) is 0 Å². The second-order valence-corrected chi connectivity index (χ2v) is 6.28. The van der Waals surface area contributed by atoms with Crippen molar-refractivity contribution >= 4 is 11.6 Å². The standard InChI is InChI=1S/C18H31ClN2/c1-5-14(6-2)13-21(8-4)18(17(20)7-3)15-10-9-11-16(19)12-15/h9-12,14,17-18H,5-8,13,20H2,1-4H3. The van der Waals surface area contributed by atoms with Gasteiger partial charge in [-0.3, -0.25) is 4.90 Å². The third-order valence-electron chi connectivity index (χ3n) is 4.51. The first-order chi connectivity index (χ1) is 10.1. The van der Waals surface area contributed by atoms with Crippen molar-refractivity contribution in [2.24, 2.45) is 11.7 Å². The molecular weight excluding hydrogens is 280 g/mol. The highest BCUT2D eigenvalue weighted by atomic mass is 35.5. The van der Waals surface area contributed by atoms with Crippen LogP contribution < -0.4 is 5.73 Å². The molecule has 0 saturated heterocycles. The van der Waals surface area contributed by atoms with Gasteiger partial charge in [-0.2, -0.15) is 0 Å². The van der Waals surface area contributed by atoms with E-state index in [1.165, 1.54) is 18.4 Å². The normalized spacial score (nSPS) is 14.7. The summed E-state index contributed by atoms with van der Waals surface area (Å²) in [5, 5.41) is 0.791. The van der Waals surface area contributed by atoms with Crippen molar-refractivity contribution < 1.29 is 0 Å². The van der Waals surface area contributed by atoms with E-state index in [1.807, 2.05) is 12.1 Å². The zero-order valence-corrected chi connectivity index (χ0v) is 14.7. The second kappa shape index (κ2) is 9.45. The third kappa shape index (κ3) is 5.28. The quantitative estimate of drug-likeness (QED) is 0.704. The van der Waals surface area contributed by atoms with E-state index in [4.69, 9.17) is 17.3 Å². The van der Waals surface area contributed by atoms with Gasteiger partial charge in [0.25, 0.3) is 0 Å². The highest BCUT2D eigenvalue weighted by Crippen LogP contribution is 2.28. The number of nitrogens with two attached hydrogens (primary N) is 1. The maximum absolute atomic E-state index is 6.45. The van der Waals surface area contributed by atoms with Gasteiger partial charge in [0.15, 0.2) is 0 Å². The van der Waals surface area contributed by atoms with Gasteiger partial charge in [-0.15, -0.1) is 0 Å². The number of nitrogens with zero attached hydrogens (tertiary/aromatic N) is 1. The van der Waals surface area contributed by atoms with Crippen LogP contribution in [-0.2, 0) is 0 Å². The van der Waals surface area contributed by atoms with Crippen LogP contribution in [0.1, 0.15) is 58.6 Å². The minimum Gasteiger partial charge on any atom is -0.326 e. The summed E-state index contributed by atoms with van der Waals surface area (Å²) in [5.41, 5.74) is 7.69. The van der Waals surface area contributed by atoms with Crippen LogP contribution in [0, 0.1) is 5.92 Å². The Labute approximate surface area is 135 Å². The Balaban J connectivity index is 3.04. The lowest BCUT2D eigenvalue weighted by molar-refractivity contribution is 0.147. The van der Waals surface area contributed by atoms with Crippen molar-refractivity contribution in [3.63, 3.8) is 0 Å². The minimum absolute atomic E-state index is 0.137. The lowest BCUT2D eigenvalue weighted by Gasteiger charge is -2.37. The van der Waals surface area contributed by atoms with E-state index in [0.717, 1.165) is 30.5 Å². The summed E-state index contributed by atoms with van der Waals surface area (Å²) >= 11 is 6.19. The van der Waals surface area contributed by atoms with Crippen LogP contribution >= 0.6 is 11.6 Å². The first-order valence-corrected chi connectivity index (χ1v) is 8.70. The first-order valence-electron chi connectivity index (χ1n) is 8.32. The van der Waals surface area contributed by atoms with E-state index in [9.17, 15) is 0 Å². The molecular formula is C18H31ClN2. The van der Waals surface area contributed by atoms with Gasteiger partial charge in [0.1, 0.15) is 0 Å². The number of hydrogen-bond donors (Lipinski definition) is 1. The molecule has 120 valence electrons. The van der Waals surface area contributed by atoms with Crippen LogP contribution in [0.4, 0.5) is 0 Å². The summed E-state index contributed by atoms with van der Waals surface area (Å²) in [7, 11) is 0. The average Bonchev–Trinajstić information content (AvgIpc) is 2.50. The van der Waals surface area contributed by atoms with E-state index < -0.39 is 0 Å². The van der Waals surface area contributed by atoms with Gasteiger partial charge >= 0.3 is 0 Å². The predicted molar refractivity (Wildman–Crippen MR) is 93.8 cm³/mol. The number of rotatable bonds is 9. The molecule has 2 unspecified atom stereocenters. The molecule has 0 bridgehead atoms. The fourth-order valence-corrected chi connectivity index (χ4v) is 3.16. The Morgan fingerprint density at radius 2 is 1.76 bits per heavy atom. The van der Waals surface area contributed by atoms with Crippen LogP contribution in [0.2, 0.25) is 5.02 Å². The van der Waals surface area contributed by atoms with Crippen molar-refractivity contribution in [1.29, 1.82) is 0 Å². The molecule has 2 atom stereocenters. The highest BCUT2D eigenvalue weighted by Gasteiger charge is 2.26. The summed E-state index contributed by atoms with van der Waals surface area (Å²) in [6.45, 7) is 11.1. The summed E-state index contributed by atoms with van der Waals surface area (Å²) in [6, 6.07) is 8.56. The van der Waals surface area contributed by atoms with Crippen LogP contribution in [0.3, 0.4) is 0 Å². The topological polar surface area (TPSA) is 29.3 Å². The second-order valence-electron chi connectivity index (χ2n) is 5.84. The largest absolute Gasteiger partial charge is 0.326 e. The lowest BCUT2D eigenvalue weighted by Crippen LogP contribution is -2.42. The van der Waals surface area contributed by atoms with Gasteiger partial charge in [0.2, 0.25) is 0 Å². The number of hydrogen-bond acceptors (Lipinski definition) is 2.